The number of ether oxygens (including phenoxy) is 1. The number of nitrogens with two attached hydrogens (primary N) is 1. The van der Waals surface area contributed by atoms with Gasteiger partial charge in [-0.05, 0) is 42.7 Å². The van der Waals surface area contributed by atoms with Gasteiger partial charge in [-0.3, -0.25) is 9.59 Å². The number of anilines is 1. The molecule has 1 amide bonds. The molecule has 1 atom stereocenters. The molecule has 0 saturated carbocycles. The number of piperidine rings is 1. The van der Waals surface area contributed by atoms with Gasteiger partial charge in [-0.15, -0.1) is 0 Å². The standard InChI is InChI=1S/C26H27N5O3/c1-2-22(32)30-14-6-7-18(15-30)31-16-21(23-24(31)26(33)29-28-25(23)27)17-10-12-20(13-11-17)34-19-8-4-3-5-9-19/h3-5,8-13,16,18H,2,6-7,14-15H2,1H3,(H2,27,28)(H,29,33)/t18-/m1/s1. The summed E-state index contributed by atoms with van der Waals surface area (Å²) in [5.74, 6) is 1.87. The van der Waals surface area contributed by atoms with Gasteiger partial charge in [0.15, 0.2) is 5.82 Å². The second kappa shape index (κ2) is 9.05. The topological polar surface area (TPSA) is 106 Å². The zero-order valence-electron chi connectivity index (χ0n) is 19.0. The number of aromatic nitrogens is 3. The third kappa shape index (κ3) is 4.03. The average molecular weight is 458 g/mol. The fraction of sp³-hybridized carbons (Fsp3) is 0.269. The van der Waals surface area contributed by atoms with Crippen molar-refractivity contribution in [1.82, 2.24) is 19.7 Å². The maximum Gasteiger partial charge on any atom is 0.288 e. The van der Waals surface area contributed by atoms with Crippen LogP contribution in [0.3, 0.4) is 0 Å². The lowest BCUT2D eigenvalue weighted by atomic mass is 10.0. The number of amides is 1. The molecule has 2 aromatic heterocycles. The number of nitrogens with zero attached hydrogens (tertiary/aromatic N) is 3. The molecule has 1 saturated heterocycles. The van der Waals surface area contributed by atoms with E-state index < -0.39 is 0 Å². The van der Waals surface area contributed by atoms with Gasteiger partial charge in [0.05, 0.1) is 11.4 Å². The monoisotopic (exact) mass is 457 g/mol. The van der Waals surface area contributed by atoms with Gasteiger partial charge in [0.25, 0.3) is 5.56 Å². The van der Waals surface area contributed by atoms with Crippen molar-refractivity contribution < 1.29 is 9.53 Å². The van der Waals surface area contributed by atoms with E-state index in [9.17, 15) is 9.59 Å². The molecule has 1 aliphatic rings. The summed E-state index contributed by atoms with van der Waals surface area (Å²) < 4.78 is 7.89. The van der Waals surface area contributed by atoms with Crippen molar-refractivity contribution >= 4 is 22.6 Å². The van der Waals surface area contributed by atoms with Gasteiger partial charge < -0.3 is 19.9 Å². The van der Waals surface area contributed by atoms with Crippen LogP contribution in [0.4, 0.5) is 5.82 Å². The van der Waals surface area contributed by atoms with Crippen molar-refractivity contribution in [3.8, 4) is 22.6 Å². The van der Waals surface area contributed by atoms with Crippen LogP contribution in [0, 0.1) is 0 Å². The van der Waals surface area contributed by atoms with Crippen molar-refractivity contribution in [2.24, 2.45) is 0 Å². The van der Waals surface area contributed by atoms with Gasteiger partial charge in [0, 0.05) is 31.3 Å². The number of rotatable bonds is 5. The number of nitrogen functional groups attached to an aromatic ring is 1. The number of benzene rings is 2. The molecule has 2 aromatic carbocycles. The van der Waals surface area contributed by atoms with Gasteiger partial charge in [-0.1, -0.05) is 37.3 Å². The van der Waals surface area contributed by atoms with E-state index >= 15 is 0 Å². The highest BCUT2D eigenvalue weighted by Gasteiger charge is 2.27. The molecule has 8 heteroatoms. The summed E-state index contributed by atoms with van der Waals surface area (Å²) in [5, 5.41) is 7.16. The van der Waals surface area contributed by atoms with Crippen LogP contribution in [0.5, 0.6) is 11.5 Å². The van der Waals surface area contributed by atoms with E-state index in [1.807, 2.05) is 77.2 Å². The maximum atomic E-state index is 12.9. The first-order valence-electron chi connectivity index (χ1n) is 11.5. The zero-order valence-corrected chi connectivity index (χ0v) is 19.0. The number of H-pyrrole nitrogens is 1. The van der Waals surface area contributed by atoms with Crippen molar-refractivity contribution in [1.29, 1.82) is 0 Å². The van der Waals surface area contributed by atoms with Crippen LogP contribution in [0.1, 0.15) is 32.2 Å². The van der Waals surface area contributed by atoms with Crippen LogP contribution in [0.25, 0.3) is 22.0 Å². The molecule has 3 heterocycles. The van der Waals surface area contributed by atoms with Crippen LogP contribution in [0.15, 0.2) is 65.6 Å². The highest BCUT2D eigenvalue weighted by molar-refractivity contribution is 6.02. The molecule has 4 aromatic rings. The van der Waals surface area contributed by atoms with Gasteiger partial charge in [0.1, 0.15) is 17.0 Å². The third-order valence-electron chi connectivity index (χ3n) is 6.37. The molecule has 0 aliphatic carbocycles. The number of hydrogen-bond acceptors (Lipinski definition) is 5. The Morgan fingerprint density at radius 2 is 1.88 bits per heavy atom. The second-order valence-corrected chi connectivity index (χ2v) is 8.54. The van der Waals surface area contributed by atoms with Crippen LogP contribution >= 0.6 is 0 Å². The Morgan fingerprint density at radius 3 is 2.62 bits per heavy atom. The fourth-order valence-corrected chi connectivity index (χ4v) is 4.70. The summed E-state index contributed by atoms with van der Waals surface area (Å²) >= 11 is 0. The molecule has 0 radical (unpaired) electrons. The lowest BCUT2D eigenvalue weighted by Crippen LogP contribution is -2.40. The van der Waals surface area contributed by atoms with Crippen LogP contribution in [-0.2, 0) is 4.79 Å². The number of hydrogen-bond donors (Lipinski definition) is 2. The Hall–Kier alpha value is -4.07. The van der Waals surface area contributed by atoms with E-state index in [-0.39, 0.29) is 23.3 Å². The quantitative estimate of drug-likeness (QED) is 0.464. The molecule has 8 nitrogen and oxygen atoms in total. The number of aromatic amines is 1. The SMILES string of the molecule is CCC(=O)N1CCC[C@@H](n2cc(-c3ccc(Oc4ccccc4)cc3)c3c(N)n[nH]c(=O)c32)C1. The molecule has 5 rings (SSSR count). The van der Waals surface area contributed by atoms with E-state index in [2.05, 4.69) is 10.2 Å². The number of likely N-dealkylation sites (tertiary alicyclic amines) is 1. The molecule has 3 N–H and O–H groups in total. The minimum atomic E-state index is -0.293. The number of para-hydroxylation sites is 1. The second-order valence-electron chi connectivity index (χ2n) is 8.54. The van der Waals surface area contributed by atoms with Gasteiger partial charge in [-0.2, -0.15) is 5.10 Å². The van der Waals surface area contributed by atoms with E-state index in [4.69, 9.17) is 10.5 Å². The summed E-state index contributed by atoms with van der Waals surface area (Å²) in [6, 6.07) is 17.3. The zero-order chi connectivity index (χ0) is 23.7. The highest BCUT2D eigenvalue weighted by atomic mass is 16.5. The Morgan fingerprint density at radius 1 is 1.15 bits per heavy atom. The molecule has 1 fully saturated rings. The number of nitrogens with one attached hydrogen (secondary N) is 1. The molecular formula is C26H27N5O3. The van der Waals surface area contributed by atoms with E-state index in [0.717, 1.165) is 36.3 Å². The Labute approximate surface area is 197 Å². The minimum Gasteiger partial charge on any atom is -0.457 e. The molecular weight excluding hydrogens is 430 g/mol. The smallest absolute Gasteiger partial charge is 0.288 e. The minimum absolute atomic E-state index is 0.0101. The fourth-order valence-electron chi connectivity index (χ4n) is 4.70. The van der Waals surface area contributed by atoms with E-state index in [1.54, 1.807) is 0 Å². The first kappa shape index (κ1) is 21.8. The van der Waals surface area contributed by atoms with Crippen molar-refractivity contribution in [3.05, 3.63) is 71.1 Å². The summed E-state index contributed by atoms with van der Waals surface area (Å²) in [7, 11) is 0. The maximum absolute atomic E-state index is 12.9. The van der Waals surface area contributed by atoms with Crippen molar-refractivity contribution in [3.63, 3.8) is 0 Å². The Balaban J connectivity index is 1.54. The Bertz CT molecular complexity index is 1380. The Kier molecular flexibility index (Phi) is 5.79. The molecule has 1 aliphatic heterocycles. The van der Waals surface area contributed by atoms with Crippen LogP contribution < -0.4 is 16.0 Å². The summed E-state index contributed by atoms with van der Waals surface area (Å²) in [6.45, 7) is 3.19. The van der Waals surface area contributed by atoms with Gasteiger partial charge in [0.2, 0.25) is 5.91 Å². The predicted octanol–water partition coefficient (Wildman–Crippen LogP) is 4.34. The summed E-state index contributed by atoms with van der Waals surface area (Å²) in [5.41, 5.74) is 8.18. The largest absolute Gasteiger partial charge is 0.457 e. The highest BCUT2D eigenvalue weighted by Crippen LogP contribution is 2.36. The van der Waals surface area contributed by atoms with E-state index in [1.165, 1.54) is 0 Å². The third-order valence-corrected chi connectivity index (χ3v) is 6.37. The molecule has 34 heavy (non-hydrogen) atoms. The lowest BCUT2D eigenvalue weighted by molar-refractivity contribution is -0.132. The van der Waals surface area contributed by atoms with E-state index in [0.29, 0.717) is 29.6 Å². The number of carbonyl (C=O) groups excluding carboxylic acids is 1. The normalized spacial score (nSPS) is 16.0. The first-order valence-corrected chi connectivity index (χ1v) is 11.5. The molecule has 174 valence electrons. The van der Waals surface area contributed by atoms with Crippen LogP contribution in [-0.4, -0.2) is 38.7 Å². The predicted molar refractivity (Wildman–Crippen MR) is 132 cm³/mol. The number of carbonyl (C=O) groups is 1. The molecule has 0 spiro atoms. The molecule has 0 unspecified atom stereocenters. The van der Waals surface area contributed by atoms with Crippen LogP contribution in [0.2, 0.25) is 0 Å². The van der Waals surface area contributed by atoms with Gasteiger partial charge >= 0.3 is 0 Å². The lowest BCUT2D eigenvalue weighted by Gasteiger charge is -2.33. The number of fused-ring (bicyclic) bond motifs is 1. The summed E-state index contributed by atoms with van der Waals surface area (Å²) in [6.07, 6.45) is 4.20. The van der Waals surface area contributed by atoms with Crippen molar-refractivity contribution in [2.45, 2.75) is 32.2 Å². The molecule has 0 bridgehead atoms. The van der Waals surface area contributed by atoms with Gasteiger partial charge in [-0.25, -0.2) is 5.10 Å². The first-order chi connectivity index (χ1) is 16.5. The summed E-state index contributed by atoms with van der Waals surface area (Å²) in [4.78, 5) is 27.1. The van der Waals surface area contributed by atoms with Crippen molar-refractivity contribution in [2.75, 3.05) is 18.8 Å². The average Bonchev–Trinajstić information content (AvgIpc) is 3.29.